The number of hydrogen-bond acceptors (Lipinski definition) is 10. The maximum atomic E-state index is 12.0. The zero-order valence-electron chi connectivity index (χ0n) is 21.0. The molecule has 0 aromatic carbocycles. The number of rotatable bonds is 20. The van der Waals surface area contributed by atoms with Crippen molar-refractivity contribution in [2.24, 2.45) is 0 Å². The maximum absolute atomic E-state index is 12.0. The Hall–Kier alpha value is -2.33. The first-order valence-corrected chi connectivity index (χ1v) is 12.7. The molecule has 1 aliphatic heterocycles. The molecule has 0 aromatic heterocycles. The molecule has 0 saturated heterocycles. The quantitative estimate of drug-likeness (QED) is 0.129. The van der Waals surface area contributed by atoms with Crippen LogP contribution in [0.25, 0.3) is 0 Å². The van der Waals surface area contributed by atoms with Gasteiger partial charge in [0.05, 0.1) is 0 Å². The third kappa shape index (κ3) is 12.8. The molecule has 0 amide bonds. The molecular weight excluding hydrogens is 460 g/mol. The molecule has 0 spiro atoms. The first kappa shape index (κ1) is 30.7. The van der Waals surface area contributed by atoms with Gasteiger partial charge in [-0.25, -0.2) is 4.79 Å². The summed E-state index contributed by atoms with van der Waals surface area (Å²) in [5.41, 5.74) is 0. The van der Waals surface area contributed by atoms with Gasteiger partial charge >= 0.3 is 17.9 Å². The van der Waals surface area contributed by atoms with Gasteiger partial charge in [0.25, 0.3) is 0 Å². The highest BCUT2D eigenvalue weighted by Crippen LogP contribution is 2.24. The Morgan fingerprint density at radius 3 is 2.03 bits per heavy atom. The predicted molar refractivity (Wildman–Crippen MR) is 126 cm³/mol. The molecule has 202 valence electrons. The third-order valence-corrected chi connectivity index (χ3v) is 5.48. The van der Waals surface area contributed by atoms with Crippen LogP contribution in [0.3, 0.4) is 0 Å². The molecule has 0 aromatic rings. The monoisotopic (exact) mass is 502 g/mol. The van der Waals surface area contributed by atoms with Gasteiger partial charge in [0, 0.05) is 12.8 Å². The van der Waals surface area contributed by atoms with Gasteiger partial charge in [-0.1, -0.05) is 65.2 Å². The average Bonchev–Trinajstić information content (AvgIpc) is 3.12. The second-order valence-electron chi connectivity index (χ2n) is 8.77. The number of unbranched alkanes of at least 4 members (excludes halogenated alkanes) is 8. The zero-order chi connectivity index (χ0) is 26.1. The molecule has 0 saturated carbocycles. The molecule has 1 heterocycles. The molecule has 0 radical (unpaired) electrons. The number of hydrogen-bond donors (Lipinski definition) is 3. The molecule has 0 bridgehead atoms. The number of carbonyl (C=O) groups is 3. The van der Waals surface area contributed by atoms with Crippen LogP contribution in [0.4, 0.5) is 0 Å². The molecule has 35 heavy (non-hydrogen) atoms. The number of cyclic esters (lactones) is 1. The summed E-state index contributed by atoms with van der Waals surface area (Å²) in [7, 11) is 0. The van der Waals surface area contributed by atoms with Crippen LogP contribution in [-0.2, 0) is 33.3 Å². The van der Waals surface area contributed by atoms with E-state index < -0.39 is 61.0 Å². The van der Waals surface area contributed by atoms with Crippen LogP contribution in [0.15, 0.2) is 11.5 Å². The second-order valence-corrected chi connectivity index (χ2v) is 8.77. The molecule has 3 N–H and O–H groups in total. The van der Waals surface area contributed by atoms with Crippen molar-refractivity contribution in [3.8, 4) is 0 Å². The van der Waals surface area contributed by atoms with Gasteiger partial charge in [-0.3, -0.25) is 9.59 Å². The molecule has 10 heteroatoms. The number of aliphatic hydroxyl groups is 3. The van der Waals surface area contributed by atoms with Crippen molar-refractivity contribution in [2.45, 2.75) is 109 Å². The van der Waals surface area contributed by atoms with Crippen molar-refractivity contribution in [3.63, 3.8) is 0 Å². The van der Waals surface area contributed by atoms with E-state index in [-0.39, 0.29) is 19.4 Å². The van der Waals surface area contributed by atoms with Crippen molar-refractivity contribution in [1.82, 2.24) is 0 Å². The van der Waals surface area contributed by atoms with E-state index >= 15 is 0 Å². The molecule has 0 fully saturated rings. The second kappa shape index (κ2) is 18.0. The minimum Gasteiger partial charge on any atom is -0.505 e. The summed E-state index contributed by atoms with van der Waals surface area (Å²) < 4.78 is 19.9. The van der Waals surface area contributed by atoms with Crippen molar-refractivity contribution < 1.29 is 48.7 Å². The van der Waals surface area contributed by atoms with E-state index in [0.29, 0.717) is 12.8 Å². The molecule has 1 aliphatic rings. The van der Waals surface area contributed by atoms with Gasteiger partial charge in [-0.05, 0) is 12.8 Å². The SMILES string of the molecule is CCCCCCCCCCCC(=O)OC[C@H](O)[C@H]1OC(=O)C(OCC(O)COC(=O)CCC)=C1O. The number of esters is 3. The van der Waals surface area contributed by atoms with Gasteiger partial charge in [0.2, 0.25) is 5.76 Å². The summed E-state index contributed by atoms with van der Waals surface area (Å²) in [6.07, 6.45) is 7.00. The van der Waals surface area contributed by atoms with Crippen LogP contribution in [0.1, 0.15) is 90.9 Å². The lowest BCUT2D eigenvalue weighted by Gasteiger charge is -2.17. The Bertz CT molecular complexity index is 675. The average molecular weight is 503 g/mol. The number of aliphatic hydroxyl groups excluding tert-OH is 3. The van der Waals surface area contributed by atoms with Crippen LogP contribution < -0.4 is 0 Å². The fourth-order valence-corrected chi connectivity index (χ4v) is 3.46. The summed E-state index contributed by atoms with van der Waals surface area (Å²) in [5, 5.41) is 30.2. The predicted octanol–water partition coefficient (Wildman–Crippen LogP) is 3.23. The van der Waals surface area contributed by atoms with E-state index in [1.807, 2.05) is 6.92 Å². The molecule has 0 aliphatic carbocycles. The van der Waals surface area contributed by atoms with Crippen LogP contribution >= 0.6 is 0 Å². The summed E-state index contributed by atoms with van der Waals surface area (Å²) in [4.78, 5) is 35.2. The Labute approximate surface area is 207 Å². The van der Waals surface area contributed by atoms with Gasteiger partial charge in [0.15, 0.2) is 11.9 Å². The fraction of sp³-hybridized carbons (Fsp3) is 0.800. The van der Waals surface area contributed by atoms with Gasteiger partial charge in [-0.15, -0.1) is 0 Å². The third-order valence-electron chi connectivity index (χ3n) is 5.48. The summed E-state index contributed by atoms with van der Waals surface area (Å²) in [6, 6.07) is 0. The highest BCUT2D eigenvalue weighted by Gasteiger charge is 2.41. The highest BCUT2D eigenvalue weighted by molar-refractivity contribution is 5.89. The van der Waals surface area contributed by atoms with E-state index in [0.717, 1.165) is 19.3 Å². The first-order chi connectivity index (χ1) is 16.8. The largest absolute Gasteiger partial charge is 0.505 e. The first-order valence-electron chi connectivity index (χ1n) is 12.7. The summed E-state index contributed by atoms with van der Waals surface area (Å²) in [6.45, 7) is 2.77. The summed E-state index contributed by atoms with van der Waals surface area (Å²) in [5.74, 6) is -3.19. The lowest BCUT2D eigenvalue weighted by atomic mass is 10.1. The van der Waals surface area contributed by atoms with Gasteiger partial charge < -0.3 is 34.3 Å². The van der Waals surface area contributed by atoms with Crippen LogP contribution in [0.2, 0.25) is 0 Å². The Balaban J connectivity index is 2.28. The van der Waals surface area contributed by atoms with Crippen LogP contribution in [0, 0.1) is 0 Å². The van der Waals surface area contributed by atoms with Crippen LogP contribution in [0.5, 0.6) is 0 Å². The standard InChI is InChI=1S/C25H42O10/c1-3-5-6-7-8-9-10-11-12-14-21(29)33-17-19(27)23-22(30)24(25(31)35-23)34-16-18(26)15-32-20(28)13-4-2/h18-19,23,26-27,30H,3-17H2,1-2H3/t18?,19-,23+/m0/s1. The van der Waals surface area contributed by atoms with E-state index in [4.69, 9.17) is 18.9 Å². The topological polar surface area (TPSA) is 149 Å². The van der Waals surface area contributed by atoms with Crippen molar-refractivity contribution in [3.05, 3.63) is 11.5 Å². The normalized spacial score (nSPS) is 17.1. The molecule has 1 unspecified atom stereocenters. The highest BCUT2D eigenvalue weighted by atomic mass is 16.6. The fourth-order valence-electron chi connectivity index (χ4n) is 3.46. The van der Waals surface area contributed by atoms with Crippen LogP contribution in [-0.4, -0.2) is 71.4 Å². The molecule has 3 atom stereocenters. The van der Waals surface area contributed by atoms with Crippen molar-refractivity contribution >= 4 is 17.9 Å². The molecular formula is C25H42O10. The lowest BCUT2D eigenvalue weighted by molar-refractivity contribution is -0.155. The Kier molecular flexibility index (Phi) is 15.8. The van der Waals surface area contributed by atoms with E-state index in [2.05, 4.69) is 6.92 Å². The minimum absolute atomic E-state index is 0.217. The maximum Gasteiger partial charge on any atom is 0.378 e. The van der Waals surface area contributed by atoms with E-state index in [9.17, 15) is 29.7 Å². The molecule has 1 rings (SSSR count). The number of carbonyl (C=O) groups excluding carboxylic acids is 3. The van der Waals surface area contributed by atoms with Crippen molar-refractivity contribution in [1.29, 1.82) is 0 Å². The minimum atomic E-state index is -1.48. The van der Waals surface area contributed by atoms with Gasteiger partial charge in [-0.2, -0.15) is 0 Å². The van der Waals surface area contributed by atoms with Crippen molar-refractivity contribution in [2.75, 3.05) is 19.8 Å². The van der Waals surface area contributed by atoms with E-state index in [1.54, 1.807) is 0 Å². The smallest absolute Gasteiger partial charge is 0.378 e. The number of ether oxygens (including phenoxy) is 4. The molecule has 10 nitrogen and oxygen atoms in total. The van der Waals surface area contributed by atoms with Gasteiger partial charge in [0.1, 0.15) is 32.0 Å². The lowest BCUT2D eigenvalue weighted by Crippen LogP contribution is -2.33. The Morgan fingerprint density at radius 2 is 1.40 bits per heavy atom. The Morgan fingerprint density at radius 1 is 0.829 bits per heavy atom. The van der Waals surface area contributed by atoms with E-state index in [1.165, 1.54) is 32.1 Å². The zero-order valence-corrected chi connectivity index (χ0v) is 21.0. The summed E-state index contributed by atoms with van der Waals surface area (Å²) >= 11 is 0.